The molecule has 1 amide bonds. The molecule has 1 unspecified atom stereocenters. The first-order valence-electron chi connectivity index (χ1n) is 7.64. The first kappa shape index (κ1) is 16.0. The second-order valence-corrected chi connectivity index (χ2v) is 6.84. The number of pyridine rings is 1. The summed E-state index contributed by atoms with van der Waals surface area (Å²) < 4.78 is 5.17. The first-order valence-corrected chi connectivity index (χ1v) is 8.52. The first-order chi connectivity index (χ1) is 11.2. The highest BCUT2D eigenvalue weighted by molar-refractivity contribution is 7.10. The number of rotatable bonds is 6. The number of carbonyl (C=O) groups excluding carboxylic acids is 1. The van der Waals surface area contributed by atoms with Crippen molar-refractivity contribution in [1.82, 2.24) is 10.3 Å². The summed E-state index contributed by atoms with van der Waals surface area (Å²) in [5, 5.41) is 15.0. The minimum Gasteiger partial charge on any atom is -0.480 e. The fourth-order valence-corrected chi connectivity index (χ4v) is 4.00. The average Bonchev–Trinajstić information content (AvgIpc) is 3.07. The van der Waals surface area contributed by atoms with Crippen LogP contribution < -0.4 is 10.1 Å². The molecule has 0 radical (unpaired) electrons. The van der Waals surface area contributed by atoms with Gasteiger partial charge in [0.1, 0.15) is 5.56 Å². The Morgan fingerprint density at radius 1 is 1.48 bits per heavy atom. The molecule has 2 N–H and O–H groups in total. The summed E-state index contributed by atoms with van der Waals surface area (Å²) in [6.45, 7) is 0.0695. The summed E-state index contributed by atoms with van der Waals surface area (Å²) >= 11 is 1.60. The van der Waals surface area contributed by atoms with Crippen LogP contribution in [0.4, 0.5) is 0 Å². The van der Waals surface area contributed by atoms with Gasteiger partial charge in [-0.1, -0.05) is 12.5 Å². The normalized spacial score (nSPS) is 17.1. The number of aliphatic hydroxyl groups excluding tert-OH is 1. The van der Waals surface area contributed by atoms with Crippen molar-refractivity contribution in [2.75, 3.05) is 13.7 Å². The molecule has 0 spiro atoms. The lowest BCUT2D eigenvalue weighted by atomic mass is 9.64. The van der Waals surface area contributed by atoms with Gasteiger partial charge in [-0.15, -0.1) is 11.3 Å². The molecule has 0 aliphatic heterocycles. The summed E-state index contributed by atoms with van der Waals surface area (Å²) in [6.07, 6.45) is 4.50. The number of nitrogens with one attached hydrogen (secondary N) is 1. The lowest BCUT2D eigenvalue weighted by Gasteiger charge is -2.46. The molecular formula is C17H20N2O3S. The average molecular weight is 332 g/mol. The Morgan fingerprint density at radius 2 is 2.30 bits per heavy atom. The van der Waals surface area contributed by atoms with Gasteiger partial charge in [0.2, 0.25) is 5.88 Å². The smallest absolute Gasteiger partial charge is 0.257 e. The van der Waals surface area contributed by atoms with Gasteiger partial charge in [0.25, 0.3) is 5.91 Å². The van der Waals surface area contributed by atoms with E-state index < -0.39 is 0 Å². The van der Waals surface area contributed by atoms with Crippen molar-refractivity contribution in [3.63, 3.8) is 0 Å². The molecule has 1 saturated carbocycles. The molecule has 2 heterocycles. The predicted molar refractivity (Wildman–Crippen MR) is 88.7 cm³/mol. The van der Waals surface area contributed by atoms with E-state index in [1.807, 2.05) is 17.5 Å². The van der Waals surface area contributed by atoms with E-state index in [-0.39, 0.29) is 24.0 Å². The zero-order valence-corrected chi connectivity index (χ0v) is 13.8. The summed E-state index contributed by atoms with van der Waals surface area (Å²) in [5.41, 5.74) is 0.139. The lowest BCUT2D eigenvalue weighted by Crippen LogP contribution is -2.47. The molecule has 2 aromatic heterocycles. The SMILES string of the molecule is COc1ncccc1C(=O)NC(c1cccs1)C1(CO)CCC1. The van der Waals surface area contributed by atoms with Gasteiger partial charge in [-0.2, -0.15) is 0 Å². The zero-order valence-electron chi connectivity index (χ0n) is 13.0. The quantitative estimate of drug-likeness (QED) is 0.853. The summed E-state index contributed by atoms with van der Waals surface area (Å²) in [6, 6.07) is 7.18. The maximum absolute atomic E-state index is 12.7. The molecule has 5 nitrogen and oxygen atoms in total. The highest BCUT2D eigenvalue weighted by atomic mass is 32.1. The third kappa shape index (κ3) is 2.96. The van der Waals surface area contributed by atoms with Crippen LogP contribution in [0.15, 0.2) is 35.8 Å². The topological polar surface area (TPSA) is 71.5 Å². The van der Waals surface area contributed by atoms with Crippen LogP contribution in [0.3, 0.4) is 0 Å². The number of aromatic nitrogens is 1. The monoisotopic (exact) mass is 332 g/mol. The Hall–Kier alpha value is -1.92. The van der Waals surface area contributed by atoms with E-state index in [9.17, 15) is 9.90 Å². The Kier molecular flexibility index (Phi) is 4.63. The van der Waals surface area contributed by atoms with Crippen molar-refractivity contribution in [3.8, 4) is 5.88 Å². The molecule has 1 aliphatic rings. The van der Waals surface area contributed by atoms with Gasteiger partial charge in [-0.3, -0.25) is 4.79 Å². The number of ether oxygens (including phenoxy) is 1. The van der Waals surface area contributed by atoms with Gasteiger partial charge in [0.15, 0.2) is 0 Å². The molecule has 6 heteroatoms. The minimum absolute atomic E-state index is 0.0695. The van der Waals surface area contributed by atoms with Crippen LogP contribution in [0.2, 0.25) is 0 Å². The number of carbonyl (C=O) groups is 1. The van der Waals surface area contributed by atoms with Crippen LogP contribution in [0.25, 0.3) is 0 Å². The minimum atomic E-state index is -0.268. The molecule has 0 bridgehead atoms. The number of hydrogen-bond acceptors (Lipinski definition) is 5. The van der Waals surface area contributed by atoms with Gasteiger partial charge in [-0.25, -0.2) is 4.98 Å². The molecule has 122 valence electrons. The fourth-order valence-electron chi connectivity index (χ4n) is 3.09. The van der Waals surface area contributed by atoms with E-state index in [4.69, 9.17) is 4.74 Å². The molecule has 1 fully saturated rings. The molecule has 1 aliphatic carbocycles. The van der Waals surface area contributed by atoms with E-state index >= 15 is 0 Å². The van der Waals surface area contributed by atoms with Crippen molar-refractivity contribution in [2.24, 2.45) is 5.41 Å². The molecule has 3 rings (SSSR count). The molecule has 0 saturated heterocycles. The van der Waals surface area contributed by atoms with Gasteiger partial charge in [-0.05, 0) is 36.4 Å². The lowest BCUT2D eigenvalue weighted by molar-refractivity contribution is 0.00706. The number of methoxy groups -OCH3 is 1. The molecule has 2 aromatic rings. The summed E-state index contributed by atoms with van der Waals surface area (Å²) in [7, 11) is 1.50. The highest BCUT2D eigenvalue weighted by Crippen LogP contribution is 2.50. The van der Waals surface area contributed by atoms with Crippen LogP contribution in [-0.4, -0.2) is 29.7 Å². The van der Waals surface area contributed by atoms with Crippen molar-refractivity contribution < 1.29 is 14.6 Å². The maximum Gasteiger partial charge on any atom is 0.257 e. The molecular weight excluding hydrogens is 312 g/mol. The van der Waals surface area contributed by atoms with Gasteiger partial charge in [0.05, 0.1) is 19.8 Å². The van der Waals surface area contributed by atoms with Crippen LogP contribution in [0, 0.1) is 5.41 Å². The van der Waals surface area contributed by atoms with Gasteiger partial charge < -0.3 is 15.2 Å². The van der Waals surface area contributed by atoms with Crippen LogP contribution in [-0.2, 0) is 0 Å². The fraction of sp³-hybridized carbons (Fsp3) is 0.412. The summed E-state index contributed by atoms with van der Waals surface area (Å²) in [5.74, 6) is 0.0784. The number of hydrogen-bond donors (Lipinski definition) is 2. The van der Waals surface area contributed by atoms with Crippen LogP contribution in [0.1, 0.15) is 40.5 Å². The number of nitrogens with zero attached hydrogens (tertiary/aromatic N) is 1. The Bertz CT molecular complexity index is 663. The largest absolute Gasteiger partial charge is 0.480 e. The van der Waals surface area contributed by atoms with Gasteiger partial charge in [0, 0.05) is 16.5 Å². The third-order valence-corrected chi connectivity index (χ3v) is 5.53. The standard InChI is InChI=1S/C17H20N2O3S/c1-22-16-12(5-2-9-18-16)15(21)19-14(13-6-3-10-23-13)17(11-20)7-4-8-17/h2-3,5-6,9-10,14,20H,4,7-8,11H2,1H3,(H,19,21). The second-order valence-electron chi connectivity index (χ2n) is 5.86. The number of thiophene rings is 1. The maximum atomic E-state index is 12.7. The highest BCUT2D eigenvalue weighted by Gasteiger charge is 2.45. The number of amides is 1. The molecule has 0 aromatic carbocycles. The van der Waals surface area contributed by atoms with E-state index in [2.05, 4.69) is 10.3 Å². The molecule has 1 atom stereocenters. The zero-order chi connectivity index (χ0) is 16.3. The Labute approximate surface area is 139 Å². The second kappa shape index (κ2) is 6.68. The summed E-state index contributed by atoms with van der Waals surface area (Å²) in [4.78, 5) is 17.9. The van der Waals surface area contributed by atoms with Crippen molar-refractivity contribution in [3.05, 3.63) is 46.3 Å². The Balaban J connectivity index is 1.88. The van der Waals surface area contributed by atoms with Crippen molar-refractivity contribution >= 4 is 17.2 Å². The van der Waals surface area contributed by atoms with Gasteiger partial charge >= 0.3 is 0 Å². The van der Waals surface area contributed by atoms with E-state index in [0.717, 1.165) is 24.1 Å². The van der Waals surface area contributed by atoms with E-state index in [1.165, 1.54) is 7.11 Å². The van der Waals surface area contributed by atoms with E-state index in [1.54, 1.807) is 29.7 Å². The third-order valence-electron chi connectivity index (χ3n) is 4.59. The van der Waals surface area contributed by atoms with Crippen molar-refractivity contribution in [2.45, 2.75) is 25.3 Å². The molecule has 23 heavy (non-hydrogen) atoms. The Morgan fingerprint density at radius 3 is 2.87 bits per heavy atom. The van der Waals surface area contributed by atoms with Crippen LogP contribution >= 0.6 is 11.3 Å². The van der Waals surface area contributed by atoms with E-state index in [0.29, 0.717) is 11.4 Å². The van der Waals surface area contributed by atoms with Crippen LogP contribution in [0.5, 0.6) is 5.88 Å². The van der Waals surface area contributed by atoms with Crippen molar-refractivity contribution in [1.29, 1.82) is 0 Å². The number of aliphatic hydroxyl groups is 1. The predicted octanol–water partition coefficient (Wildman–Crippen LogP) is 2.79.